The van der Waals surface area contributed by atoms with Crippen LogP contribution in [0.1, 0.15) is 57.6 Å². The average molecular weight is 385 g/mol. The van der Waals surface area contributed by atoms with Crippen molar-refractivity contribution in [3.63, 3.8) is 0 Å². The van der Waals surface area contributed by atoms with E-state index in [1.807, 2.05) is 24.3 Å². The Morgan fingerprint density at radius 2 is 1.92 bits per heavy atom. The Labute approximate surface area is 162 Å². The second-order valence-electron chi connectivity index (χ2n) is 7.55. The van der Waals surface area contributed by atoms with Crippen molar-refractivity contribution in [2.75, 3.05) is 13.1 Å². The lowest BCUT2D eigenvalue weighted by Crippen LogP contribution is -2.39. The van der Waals surface area contributed by atoms with Gasteiger partial charge in [0.1, 0.15) is 0 Å². The van der Waals surface area contributed by atoms with E-state index in [0.717, 1.165) is 31.0 Å². The van der Waals surface area contributed by atoms with Gasteiger partial charge in [-0.05, 0) is 75.2 Å². The number of hydrogen-bond acceptors (Lipinski definition) is 2. The molecular formula is C20H30Cl2N2O. The highest BCUT2D eigenvalue weighted by Crippen LogP contribution is 2.36. The zero-order chi connectivity index (χ0) is 17.1. The standard InChI is InChI=1S/C20H29ClN2O.ClH/c1-14(17-4-3-11-22-13-17)12-20(24)23(19-9-10-19)15(2)16-5-7-18(21)8-6-16;/h5-8,14-15,17,19,22H,3-4,9-13H2,1-2H3;1H. The van der Waals surface area contributed by atoms with Gasteiger partial charge in [0.15, 0.2) is 0 Å². The number of piperidine rings is 1. The Bertz CT molecular complexity index is 553. The van der Waals surface area contributed by atoms with Crippen LogP contribution in [0.3, 0.4) is 0 Å². The first-order valence-corrected chi connectivity index (χ1v) is 9.71. The van der Waals surface area contributed by atoms with Crippen LogP contribution in [0.5, 0.6) is 0 Å². The molecule has 1 aliphatic heterocycles. The molecule has 1 aromatic carbocycles. The van der Waals surface area contributed by atoms with Crippen molar-refractivity contribution in [1.82, 2.24) is 10.2 Å². The van der Waals surface area contributed by atoms with Gasteiger partial charge in [-0.25, -0.2) is 0 Å². The fourth-order valence-electron chi connectivity index (χ4n) is 3.90. The number of benzene rings is 1. The van der Waals surface area contributed by atoms with E-state index in [9.17, 15) is 4.79 Å². The van der Waals surface area contributed by atoms with E-state index in [4.69, 9.17) is 11.6 Å². The molecule has 0 bridgehead atoms. The fraction of sp³-hybridized carbons (Fsp3) is 0.650. The molecule has 0 radical (unpaired) electrons. The predicted octanol–water partition coefficient (Wildman–Crippen LogP) is 4.84. The minimum Gasteiger partial charge on any atom is -0.333 e. The van der Waals surface area contributed by atoms with Gasteiger partial charge in [0, 0.05) is 17.5 Å². The molecule has 0 spiro atoms. The minimum absolute atomic E-state index is 0. The molecule has 5 heteroatoms. The van der Waals surface area contributed by atoms with Crippen LogP contribution in [0.25, 0.3) is 0 Å². The molecule has 3 atom stereocenters. The molecule has 0 aromatic heterocycles. The maximum Gasteiger partial charge on any atom is 0.223 e. The molecule has 2 fully saturated rings. The summed E-state index contributed by atoms with van der Waals surface area (Å²) in [5.74, 6) is 1.40. The molecule has 1 heterocycles. The molecule has 1 aromatic rings. The number of halogens is 2. The number of nitrogens with one attached hydrogen (secondary N) is 1. The summed E-state index contributed by atoms with van der Waals surface area (Å²) >= 11 is 6.00. The summed E-state index contributed by atoms with van der Waals surface area (Å²) in [6, 6.07) is 8.48. The van der Waals surface area contributed by atoms with Crippen LogP contribution in [0, 0.1) is 11.8 Å². The largest absolute Gasteiger partial charge is 0.333 e. The van der Waals surface area contributed by atoms with Gasteiger partial charge in [0.25, 0.3) is 0 Å². The van der Waals surface area contributed by atoms with Gasteiger partial charge >= 0.3 is 0 Å². The Balaban J connectivity index is 0.00000225. The molecule has 2 aliphatic rings. The quantitative estimate of drug-likeness (QED) is 0.760. The molecule has 1 N–H and O–H groups in total. The SMILES string of the molecule is CC(CC(=O)N(C1CC1)C(C)c1ccc(Cl)cc1)C1CCCNC1.Cl. The van der Waals surface area contributed by atoms with Gasteiger partial charge in [-0.3, -0.25) is 4.79 Å². The highest BCUT2D eigenvalue weighted by molar-refractivity contribution is 6.30. The first-order chi connectivity index (χ1) is 11.6. The number of carbonyl (C=O) groups excluding carboxylic acids is 1. The Morgan fingerprint density at radius 3 is 2.48 bits per heavy atom. The first-order valence-electron chi connectivity index (χ1n) is 9.33. The Morgan fingerprint density at radius 1 is 1.24 bits per heavy atom. The average Bonchev–Trinajstić information content (AvgIpc) is 3.41. The molecule has 3 nitrogen and oxygen atoms in total. The second kappa shape index (κ2) is 9.25. The number of nitrogens with zero attached hydrogens (tertiary/aromatic N) is 1. The van der Waals surface area contributed by atoms with Gasteiger partial charge < -0.3 is 10.2 Å². The van der Waals surface area contributed by atoms with Crippen molar-refractivity contribution in [1.29, 1.82) is 0 Å². The lowest BCUT2D eigenvalue weighted by atomic mass is 9.85. The maximum atomic E-state index is 13.0. The number of amides is 1. The Kier molecular flexibility index (Phi) is 7.60. The van der Waals surface area contributed by atoms with E-state index in [1.54, 1.807) is 0 Å². The van der Waals surface area contributed by atoms with Crippen molar-refractivity contribution in [2.24, 2.45) is 11.8 Å². The molecular weight excluding hydrogens is 355 g/mol. The number of carbonyl (C=O) groups is 1. The van der Waals surface area contributed by atoms with Gasteiger partial charge in [0.2, 0.25) is 5.91 Å². The highest BCUT2D eigenvalue weighted by Gasteiger charge is 2.37. The van der Waals surface area contributed by atoms with Crippen LogP contribution in [0.4, 0.5) is 0 Å². The normalized spacial score (nSPS) is 22.6. The maximum absolute atomic E-state index is 13.0. The third kappa shape index (κ3) is 5.35. The molecule has 1 saturated heterocycles. The fourth-order valence-corrected chi connectivity index (χ4v) is 4.03. The van der Waals surface area contributed by atoms with Crippen LogP contribution in [-0.4, -0.2) is 29.9 Å². The number of rotatable bonds is 6. The van der Waals surface area contributed by atoms with Crippen LogP contribution in [-0.2, 0) is 4.79 Å². The second-order valence-corrected chi connectivity index (χ2v) is 7.98. The molecule has 3 rings (SSSR count). The highest BCUT2D eigenvalue weighted by atomic mass is 35.5. The summed E-state index contributed by atoms with van der Waals surface area (Å²) in [6.07, 6.45) is 5.43. The van der Waals surface area contributed by atoms with E-state index in [2.05, 4.69) is 24.1 Å². The molecule has 1 amide bonds. The summed E-state index contributed by atoms with van der Waals surface area (Å²) in [7, 11) is 0. The minimum atomic E-state index is 0. The van der Waals surface area contributed by atoms with E-state index in [0.29, 0.717) is 30.2 Å². The topological polar surface area (TPSA) is 32.3 Å². The molecule has 140 valence electrons. The summed E-state index contributed by atoms with van der Waals surface area (Å²) in [6.45, 7) is 6.57. The molecule has 1 aliphatic carbocycles. The molecule has 1 saturated carbocycles. The third-order valence-electron chi connectivity index (χ3n) is 5.63. The summed E-state index contributed by atoms with van der Waals surface area (Å²) < 4.78 is 0. The van der Waals surface area contributed by atoms with Gasteiger partial charge in [-0.1, -0.05) is 30.7 Å². The zero-order valence-electron chi connectivity index (χ0n) is 15.2. The third-order valence-corrected chi connectivity index (χ3v) is 5.89. The van der Waals surface area contributed by atoms with Crippen LogP contribution in [0.2, 0.25) is 5.02 Å². The van der Waals surface area contributed by atoms with E-state index in [1.165, 1.54) is 18.4 Å². The van der Waals surface area contributed by atoms with Gasteiger partial charge in [-0.15, -0.1) is 12.4 Å². The van der Waals surface area contributed by atoms with Crippen molar-refractivity contribution < 1.29 is 4.79 Å². The lowest BCUT2D eigenvalue weighted by molar-refractivity contribution is -0.135. The summed E-state index contributed by atoms with van der Waals surface area (Å²) in [5, 5.41) is 4.21. The van der Waals surface area contributed by atoms with Crippen LogP contribution in [0.15, 0.2) is 24.3 Å². The monoisotopic (exact) mass is 384 g/mol. The summed E-state index contributed by atoms with van der Waals surface area (Å²) in [4.78, 5) is 15.2. The van der Waals surface area contributed by atoms with Crippen molar-refractivity contribution in [2.45, 2.75) is 58.0 Å². The zero-order valence-corrected chi connectivity index (χ0v) is 16.8. The number of hydrogen-bond donors (Lipinski definition) is 1. The van der Waals surface area contributed by atoms with Crippen molar-refractivity contribution >= 4 is 29.9 Å². The van der Waals surface area contributed by atoms with Crippen molar-refractivity contribution in [3.05, 3.63) is 34.9 Å². The van der Waals surface area contributed by atoms with E-state index in [-0.39, 0.29) is 18.4 Å². The molecule has 25 heavy (non-hydrogen) atoms. The van der Waals surface area contributed by atoms with Crippen LogP contribution >= 0.6 is 24.0 Å². The molecule has 3 unspecified atom stereocenters. The van der Waals surface area contributed by atoms with E-state index < -0.39 is 0 Å². The van der Waals surface area contributed by atoms with Gasteiger partial charge in [0.05, 0.1) is 6.04 Å². The van der Waals surface area contributed by atoms with Gasteiger partial charge in [-0.2, -0.15) is 0 Å². The Hall–Kier alpha value is -0.770. The van der Waals surface area contributed by atoms with Crippen LogP contribution < -0.4 is 5.32 Å². The van der Waals surface area contributed by atoms with E-state index >= 15 is 0 Å². The lowest BCUT2D eigenvalue weighted by Gasteiger charge is -2.33. The summed E-state index contributed by atoms with van der Waals surface area (Å²) in [5.41, 5.74) is 1.17. The first kappa shape index (κ1) is 20.5. The predicted molar refractivity (Wildman–Crippen MR) is 106 cm³/mol. The van der Waals surface area contributed by atoms with Crippen molar-refractivity contribution in [3.8, 4) is 0 Å². The smallest absolute Gasteiger partial charge is 0.223 e.